The van der Waals surface area contributed by atoms with Crippen LogP contribution in [0.4, 0.5) is 5.82 Å². The molecule has 3 heterocycles. The zero-order valence-corrected chi connectivity index (χ0v) is 14.5. The molecule has 0 amide bonds. The minimum Gasteiger partial charge on any atom is -0.369 e. The fourth-order valence-corrected chi connectivity index (χ4v) is 4.39. The van der Waals surface area contributed by atoms with E-state index in [0.717, 1.165) is 35.9 Å². The maximum absolute atomic E-state index is 4.77. The molecule has 1 unspecified atom stereocenters. The first kappa shape index (κ1) is 15.3. The first-order chi connectivity index (χ1) is 11.8. The lowest BCUT2D eigenvalue weighted by Gasteiger charge is -2.16. The van der Waals surface area contributed by atoms with Gasteiger partial charge in [-0.15, -0.1) is 0 Å². The van der Waals surface area contributed by atoms with Crippen LogP contribution in [0.5, 0.6) is 0 Å². The molecule has 0 spiro atoms. The van der Waals surface area contributed by atoms with Crippen LogP contribution in [0.2, 0.25) is 0 Å². The van der Waals surface area contributed by atoms with Crippen LogP contribution in [0, 0.1) is 0 Å². The van der Waals surface area contributed by atoms with Crippen molar-refractivity contribution in [2.24, 2.45) is 7.05 Å². The third kappa shape index (κ3) is 2.91. The fraction of sp³-hybridized carbons (Fsp3) is 0.263. The van der Waals surface area contributed by atoms with E-state index in [4.69, 9.17) is 5.10 Å². The largest absolute Gasteiger partial charge is 0.369 e. The Morgan fingerprint density at radius 2 is 2.00 bits per heavy atom. The van der Waals surface area contributed by atoms with Gasteiger partial charge in [0.15, 0.2) is 0 Å². The molecule has 2 aromatic heterocycles. The summed E-state index contributed by atoms with van der Waals surface area (Å²) < 4.78 is 1.96. The summed E-state index contributed by atoms with van der Waals surface area (Å²) in [6, 6.07) is 16.7. The summed E-state index contributed by atoms with van der Waals surface area (Å²) in [4.78, 5) is 4.53. The summed E-state index contributed by atoms with van der Waals surface area (Å²) >= 11 is 2.00. The van der Waals surface area contributed by atoms with Gasteiger partial charge in [0, 0.05) is 36.4 Å². The SMILES string of the molecule is Cn1nc(-c2ccccn2)c2c1NCCSC2Cc1ccccc1. The first-order valence-corrected chi connectivity index (χ1v) is 9.25. The second-order valence-corrected chi connectivity index (χ2v) is 7.24. The third-order valence-corrected chi connectivity index (χ3v) is 5.54. The Hall–Kier alpha value is -2.27. The summed E-state index contributed by atoms with van der Waals surface area (Å²) in [6.07, 6.45) is 2.84. The van der Waals surface area contributed by atoms with Crippen molar-refractivity contribution >= 4 is 17.6 Å². The van der Waals surface area contributed by atoms with E-state index in [9.17, 15) is 0 Å². The van der Waals surface area contributed by atoms with Crippen LogP contribution >= 0.6 is 11.8 Å². The highest BCUT2D eigenvalue weighted by Gasteiger charge is 2.28. The number of rotatable bonds is 3. The predicted octanol–water partition coefficient (Wildman–Crippen LogP) is 3.92. The standard InChI is InChI=1S/C19H20N4S/c1-23-19-17(18(22-23)15-9-5-6-10-20-15)16(24-12-11-21-19)13-14-7-3-2-4-8-14/h2-10,16,21H,11-13H2,1H3. The summed E-state index contributed by atoms with van der Waals surface area (Å²) in [5.74, 6) is 2.22. The van der Waals surface area contributed by atoms with Crippen LogP contribution in [-0.2, 0) is 13.5 Å². The molecule has 1 aromatic carbocycles. The molecule has 4 nitrogen and oxygen atoms in total. The predicted molar refractivity (Wildman–Crippen MR) is 100 cm³/mol. The number of aromatic nitrogens is 3. The van der Waals surface area contributed by atoms with Crippen molar-refractivity contribution in [3.8, 4) is 11.4 Å². The number of thioether (sulfide) groups is 1. The van der Waals surface area contributed by atoms with Crippen LogP contribution < -0.4 is 5.32 Å². The second-order valence-electron chi connectivity index (χ2n) is 5.93. The number of hydrogen-bond acceptors (Lipinski definition) is 4. The molecule has 0 saturated heterocycles. The van der Waals surface area contributed by atoms with Crippen molar-refractivity contribution in [2.75, 3.05) is 17.6 Å². The van der Waals surface area contributed by atoms with E-state index in [1.165, 1.54) is 11.1 Å². The average Bonchev–Trinajstić information content (AvgIpc) is 2.82. The molecule has 0 aliphatic carbocycles. The normalized spacial score (nSPS) is 17.0. The number of nitrogens with one attached hydrogen (secondary N) is 1. The molecule has 24 heavy (non-hydrogen) atoms. The molecule has 4 rings (SSSR count). The maximum atomic E-state index is 4.77. The van der Waals surface area contributed by atoms with Crippen LogP contribution in [0.15, 0.2) is 54.7 Å². The molecule has 1 atom stereocenters. The molecule has 0 fully saturated rings. The summed E-state index contributed by atoms with van der Waals surface area (Å²) in [7, 11) is 2.01. The van der Waals surface area contributed by atoms with Gasteiger partial charge in [-0.2, -0.15) is 16.9 Å². The molecular formula is C19H20N4S. The molecular weight excluding hydrogens is 316 g/mol. The highest BCUT2D eigenvalue weighted by atomic mass is 32.2. The van der Waals surface area contributed by atoms with Gasteiger partial charge in [-0.25, -0.2) is 0 Å². The Kier molecular flexibility index (Phi) is 4.26. The van der Waals surface area contributed by atoms with E-state index in [-0.39, 0.29) is 0 Å². The first-order valence-electron chi connectivity index (χ1n) is 8.20. The molecule has 1 aliphatic heterocycles. The van der Waals surface area contributed by atoms with Gasteiger partial charge in [0.1, 0.15) is 11.5 Å². The number of hydrogen-bond donors (Lipinski definition) is 1. The van der Waals surface area contributed by atoms with Gasteiger partial charge < -0.3 is 5.32 Å². The topological polar surface area (TPSA) is 42.7 Å². The van der Waals surface area contributed by atoms with Gasteiger partial charge in [0.2, 0.25) is 0 Å². The number of anilines is 1. The second kappa shape index (κ2) is 6.69. The van der Waals surface area contributed by atoms with Gasteiger partial charge in [-0.1, -0.05) is 36.4 Å². The van der Waals surface area contributed by atoms with Crippen molar-refractivity contribution in [3.63, 3.8) is 0 Å². The molecule has 0 radical (unpaired) electrons. The summed E-state index contributed by atoms with van der Waals surface area (Å²) in [5.41, 5.74) is 4.58. The van der Waals surface area contributed by atoms with Crippen molar-refractivity contribution in [1.29, 1.82) is 0 Å². The van der Waals surface area contributed by atoms with Gasteiger partial charge in [0.25, 0.3) is 0 Å². The Bertz CT molecular complexity index is 814. The monoisotopic (exact) mass is 336 g/mol. The average molecular weight is 336 g/mol. The molecule has 0 saturated carbocycles. The quantitative estimate of drug-likeness (QED) is 0.787. The zero-order valence-electron chi connectivity index (χ0n) is 13.6. The number of benzene rings is 1. The van der Waals surface area contributed by atoms with E-state index < -0.39 is 0 Å². The smallest absolute Gasteiger partial charge is 0.129 e. The van der Waals surface area contributed by atoms with E-state index >= 15 is 0 Å². The van der Waals surface area contributed by atoms with Crippen molar-refractivity contribution in [1.82, 2.24) is 14.8 Å². The van der Waals surface area contributed by atoms with E-state index in [1.807, 2.05) is 47.9 Å². The van der Waals surface area contributed by atoms with Crippen molar-refractivity contribution in [2.45, 2.75) is 11.7 Å². The Morgan fingerprint density at radius 1 is 1.17 bits per heavy atom. The van der Waals surface area contributed by atoms with Crippen LogP contribution in [-0.4, -0.2) is 27.1 Å². The molecule has 3 aromatic rings. The Labute approximate surface area is 146 Å². The van der Waals surface area contributed by atoms with Gasteiger partial charge >= 0.3 is 0 Å². The summed E-state index contributed by atoms with van der Waals surface area (Å²) in [6.45, 7) is 0.962. The van der Waals surface area contributed by atoms with Crippen LogP contribution in [0.1, 0.15) is 16.4 Å². The van der Waals surface area contributed by atoms with E-state index in [2.05, 4.69) is 40.6 Å². The van der Waals surface area contributed by atoms with Crippen molar-refractivity contribution in [3.05, 3.63) is 65.9 Å². The molecule has 1 aliphatic rings. The lowest BCUT2D eigenvalue weighted by molar-refractivity contribution is 0.772. The molecule has 1 N–H and O–H groups in total. The van der Waals surface area contributed by atoms with Gasteiger partial charge in [-0.3, -0.25) is 9.67 Å². The minimum absolute atomic E-state index is 0.378. The summed E-state index contributed by atoms with van der Waals surface area (Å²) in [5, 5.41) is 8.70. The van der Waals surface area contributed by atoms with Crippen LogP contribution in [0.3, 0.4) is 0 Å². The van der Waals surface area contributed by atoms with E-state index in [0.29, 0.717) is 5.25 Å². The highest BCUT2D eigenvalue weighted by molar-refractivity contribution is 7.99. The maximum Gasteiger partial charge on any atom is 0.129 e. The highest BCUT2D eigenvalue weighted by Crippen LogP contribution is 2.43. The lowest BCUT2D eigenvalue weighted by atomic mass is 10.0. The van der Waals surface area contributed by atoms with Gasteiger partial charge in [-0.05, 0) is 24.1 Å². The lowest BCUT2D eigenvalue weighted by Crippen LogP contribution is -2.06. The number of pyridine rings is 1. The van der Waals surface area contributed by atoms with E-state index in [1.54, 1.807) is 0 Å². The molecule has 5 heteroatoms. The van der Waals surface area contributed by atoms with Crippen molar-refractivity contribution < 1.29 is 0 Å². The Balaban J connectivity index is 1.79. The third-order valence-electron chi connectivity index (χ3n) is 4.29. The Morgan fingerprint density at radius 3 is 2.79 bits per heavy atom. The fourth-order valence-electron chi connectivity index (χ4n) is 3.19. The van der Waals surface area contributed by atoms with Crippen LogP contribution in [0.25, 0.3) is 11.4 Å². The number of nitrogens with zero attached hydrogens (tertiary/aromatic N) is 3. The number of fused-ring (bicyclic) bond motifs is 1. The van der Waals surface area contributed by atoms with Gasteiger partial charge in [0.05, 0.1) is 5.69 Å². The minimum atomic E-state index is 0.378. The number of aryl methyl sites for hydroxylation is 1. The molecule has 0 bridgehead atoms. The molecule has 122 valence electrons. The zero-order chi connectivity index (χ0) is 16.4.